The molecule has 0 heterocycles. The first-order chi connectivity index (χ1) is 6.95. The number of Topliss-reactive ketones (excluding diaryl/α,β-unsaturated/α-hetero) is 1. The Morgan fingerprint density at radius 3 is 2.13 bits per heavy atom. The van der Waals surface area contributed by atoms with Gasteiger partial charge in [0.15, 0.2) is 5.78 Å². The molecule has 0 bridgehead atoms. The number of hydrogen-bond acceptors (Lipinski definition) is 6. The Bertz CT molecular complexity index is 245. The van der Waals surface area contributed by atoms with Gasteiger partial charge in [-0.1, -0.05) is 5.92 Å². The SMILES string of the molecule is C#CCC(=O)[C@H](O)[C@@H](O)[C@H](O)[C@H](O)CO. The molecule has 0 amide bonds. The number of ketones is 1. The molecule has 0 aliphatic heterocycles. The fourth-order valence-corrected chi connectivity index (χ4v) is 0.918. The first kappa shape index (κ1) is 14.0. The van der Waals surface area contributed by atoms with Gasteiger partial charge < -0.3 is 25.5 Å². The van der Waals surface area contributed by atoms with Gasteiger partial charge in [-0.05, 0) is 0 Å². The van der Waals surface area contributed by atoms with Gasteiger partial charge in [0.1, 0.15) is 24.4 Å². The Morgan fingerprint density at radius 2 is 1.73 bits per heavy atom. The monoisotopic (exact) mass is 218 g/mol. The Morgan fingerprint density at radius 1 is 1.20 bits per heavy atom. The summed E-state index contributed by atoms with van der Waals surface area (Å²) in [6.45, 7) is -0.797. The number of rotatable bonds is 6. The summed E-state index contributed by atoms with van der Waals surface area (Å²) in [5, 5.41) is 45.0. The summed E-state index contributed by atoms with van der Waals surface area (Å²) >= 11 is 0. The summed E-state index contributed by atoms with van der Waals surface area (Å²) in [6.07, 6.45) is -2.78. The highest BCUT2D eigenvalue weighted by Gasteiger charge is 2.33. The minimum atomic E-state index is -1.88. The molecule has 5 N–H and O–H groups in total. The fourth-order valence-electron chi connectivity index (χ4n) is 0.918. The Hall–Kier alpha value is -0.970. The van der Waals surface area contributed by atoms with Crippen molar-refractivity contribution in [1.82, 2.24) is 0 Å². The zero-order valence-corrected chi connectivity index (χ0v) is 7.95. The predicted octanol–water partition coefficient (Wildman–Crippen LogP) is -2.99. The Balaban J connectivity index is 4.37. The van der Waals surface area contributed by atoms with Crippen molar-refractivity contribution in [2.24, 2.45) is 0 Å². The van der Waals surface area contributed by atoms with Crippen LogP contribution in [0.25, 0.3) is 0 Å². The molecule has 0 aromatic rings. The van der Waals surface area contributed by atoms with E-state index in [9.17, 15) is 15.0 Å². The zero-order valence-electron chi connectivity index (χ0n) is 7.95. The van der Waals surface area contributed by atoms with Crippen LogP contribution in [0.3, 0.4) is 0 Å². The summed E-state index contributed by atoms with van der Waals surface area (Å²) in [6, 6.07) is 0. The van der Waals surface area contributed by atoms with Crippen molar-refractivity contribution in [1.29, 1.82) is 0 Å². The lowest BCUT2D eigenvalue weighted by Gasteiger charge is -2.24. The maximum atomic E-state index is 11.0. The highest BCUT2D eigenvalue weighted by atomic mass is 16.4. The van der Waals surface area contributed by atoms with Crippen LogP contribution in [0.15, 0.2) is 0 Å². The highest BCUT2D eigenvalue weighted by molar-refractivity contribution is 5.85. The largest absolute Gasteiger partial charge is 0.394 e. The van der Waals surface area contributed by atoms with E-state index in [1.165, 1.54) is 0 Å². The zero-order chi connectivity index (χ0) is 12.0. The van der Waals surface area contributed by atoms with Crippen molar-refractivity contribution >= 4 is 5.78 Å². The molecule has 86 valence electrons. The summed E-state index contributed by atoms with van der Waals surface area (Å²) in [5.41, 5.74) is 0. The smallest absolute Gasteiger partial charge is 0.175 e. The van der Waals surface area contributed by atoms with E-state index in [2.05, 4.69) is 0 Å². The molecule has 0 aliphatic carbocycles. The molecule has 0 saturated carbocycles. The molecule has 0 unspecified atom stereocenters. The Labute approximate surface area is 86.8 Å². The van der Waals surface area contributed by atoms with Gasteiger partial charge in [-0.2, -0.15) is 0 Å². The van der Waals surface area contributed by atoms with Crippen LogP contribution in [-0.4, -0.2) is 62.3 Å². The van der Waals surface area contributed by atoms with Crippen molar-refractivity contribution in [3.05, 3.63) is 0 Å². The molecule has 0 radical (unpaired) electrons. The maximum Gasteiger partial charge on any atom is 0.175 e. The van der Waals surface area contributed by atoms with Gasteiger partial charge in [-0.25, -0.2) is 0 Å². The Kier molecular flexibility index (Phi) is 6.08. The molecule has 6 nitrogen and oxygen atoms in total. The average Bonchev–Trinajstić information content (AvgIpc) is 2.25. The van der Waals surface area contributed by atoms with Crippen molar-refractivity contribution in [2.45, 2.75) is 30.8 Å². The van der Waals surface area contributed by atoms with Crippen LogP contribution in [0.1, 0.15) is 6.42 Å². The standard InChI is InChI=1S/C9H14O6/c1-2-3-5(11)7(13)9(15)8(14)6(12)4-10/h1,6-10,12-15H,3-4H2/t6-,7+,8-,9-/m1/s1. The summed E-state index contributed by atoms with van der Waals surface area (Å²) < 4.78 is 0. The number of terminal acetylenes is 1. The minimum absolute atomic E-state index is 0.389. The number of aliphatic hydroxyl groups excluding tert-OH is 5. The van der Waals surface area contributed by atoms with Crippen molar-refractivity contribution < 1.29 is 30.3 Å². The number of carbonyl (C=O) groups excluding carboxylic acids is 1. The summed E-state index contributed by atoms with van der Waals surface area (Å²) in [5.74, 6) is 1.13. The van der Waals surface area contributed by atoms with Crippen LogP contribution in [0.4, 0.5) is 0 Å². The van der Waals surface area contributed by atoms with Crippen LogP contribution in [0.5, 0.6) is 0 Å². The molecule has 0 aliphatic rings. The van der Waals surface area contributed by atoms with E-state index in [-0.39, 0.29) is 6.42 Å². The quantitative estimate of drug-likeness (QED) is 0.303. The molecular weight excluding hydrogens is 204 g/mol. The number of carbonyl (C=O) groups is 1. The van der Waals surface area contributed by atoms with Crippen LogP contribution >= 0.6 is 0 Å². The number of hydrogen-bond donors (Lipinski definition) is 5. The summed E-state index contributed by atoms with van der Waals surface area (Å²) in [7, 11) is 0. The lowest BCUT2D eigenvalue weighted by molar-refractivity contribution is -0.146. The van der Waals surface area contributed by atoms with E-state index >= 15 is 0 Å². The van der Waals surface area contributed by atoms with Crippen molar-refractivity contribution in [3.8, 4) is 12.3 Å². The lowest BCUT2D eigenvalue weighted by atomic mass is 9.99. The van der Waals surface area contributed by atoms with Crippen LogP contribution < -0.4 is 0 Å². The second-order valence-electron chi connectivity index (χ2n) is 3.02. The minimum Gasteiger partial charge on any atom is -0.394 e. The third kappa shape index (κ3) is 3.95. The van der Waals surface area contributed by atoms with Gasteiger partial charge in [0.05, 0.1) is 13.0 Å². The van der Waals surface area contributed by atoms with Crippen molar-refractivity contribution in [2.75, 3.05) is 6.61 Å². The summed E-state index contributed by atoms with van der Waals surface area (Å²) in [4.78, 5) is 11.0. The molecule has 0 saturated heterocycles. The number of aliphatic hydroxyl groups is 5. The van der Waals surface area contributed by atoms with Crippen LogP contribution in [0.2, 0.25) is 0 Å². The molecule has 4 atom stereocenters. The third-order valence-corrected chi connectivity index (χ3v) is 1.86. The van der Waals surface area contributed by atoms with Gasteiger partial charge >= 0.3 is 0 Å². The topological polar surface area (TPSA) is 118 Å². The van der Waals surface area contributed by atoms with Gasteiger partial charge in [-0.3, -0.25) is 4.79 Å². The molecule has 0 rings (SSSR count). The van der Waals surface area contributed by atoms with E-state index in [0.717, 1.165) is 0 Å². The van der Waals surface area contributed by atoms with E-state index in [1.54, 1.807) is 0 Å². The molecule has 15 heavy (non-hydrogen) atoms. The third-order valence-electron chi connectivity index (χ3n) is 1.86. The van der Waals surface area contributed by atoms with Gasteiger partial charge in [-0.15, -0.1) is 6.42 Å². The highest BCUT2D eigenvalue weighted by Crippen LogP contribution is 2.07. The molecule has 0 aromatic heterocycles. The maximum absolute atomic E-state index is 11.0. The van der Waals surface area contributed by atoms with Gasteiger partial charge in [0.25, 0.3) is 0 Å². The second kappa shape index (κ2) is 6.50. The lowest BCUT2D eigenvalue weighted by Crippen LogP contribution is -2.48. The van der Waals surface area contributed by atoms with Gasteiger partial charge in [0.2, 0.25) is 0 Å². The predicted molar refractivity (Wildman–Crippen MR) is 49.6 cm³/mol. The molecule has 0 aromatic carbocycles. The van der Waals surface area contributed by atoms with E-state index < -0.39 is 36.8 Å². The fraction of sp³-hybridized carbons (Fsp3) is 0.667. The average molecular weight is 218 g/mol. The molecular formula is C9H14O6. The van der Waals surface area contributed by atoms with Crippen LogP contribution in [-0.2, 0) is 4.79 Å². The second-order valence-corrected chi connectivity index (χ2v) is 3.02. The van der Waals surface area contributed by atoms with E-state index in [4.69, 9.17) is 21.7 Å². The van der Waals surface area contributed by atoms with E-state index in [0.29, 0.717) is 0 Å². The van der Waals surface area contributed by atoms with Gasteiger partial charge in [0, 0.05) is 0 Å². The molecule has 0 fully saturated rings. The van der Waals surface area contributed by atoms with Crippen LogP contribution in [0, 0.1) is 12.3 Å². The molecule has 0 spiro atoms. The first-order valence-electron chi connectivity index (χ1n) is 4.25. The van der Waals surface area contributed by atoms with E-state index in [1.807, 2.05) is 5.92 Å². The molecule has 6 heteroatoms. The first-order valence-corrected chi connectivity index (χ1v) is 4.25. The normalized spacial score (nSPS) is 18.7. The van der Waals surface area contributed by atoms with Crippen molar-refractivity contribution in [3.63, 3.8) is 0 Å².